The van der Waals surface area contributed by atoms with Gasteiger partial charge < -0.3 is 19.6 Å². The molecular weight excluding hydrogens is 379 g/mol. The lowest BCUT2D eigenvalue weighted by atomic mass is 9.90. The maximum Gasteiger partial charge on any atom is 0.339 e. The molecule has 0 aromatic heterocycles. The molecule has 2 N–H and O–H groups in total. The third-order valence-corrected chi connectivity index (χ3v) is 6.45. The summed E-state index contributed by atoms with van der Waals surface area (Å²) in [4.78, 5) is 40.4. The molecule has 0 saturated carbocycles. The quantitative estimate of drug-likeness (QED) is 0.647. The second-order valence-electron chi connectivity index (χ2n) is 9.26. The fourth-order valence-corrected chi connectivity index (χ4v) is 4.58. The third kappa shape index (κ3) is 8.99. The van der Waals surface area contributed by atoms with E-state index in [1.165, 1.54) is 0 Å². The Kier molecular flexibility index (Phi) is 9.08. The number of rotatable bonds is 4. The van der Waals surface area contributed by atoms with Crippen molar-refractivity contribution in [2.45, 2.75) is 33.6 Å². The van der Waals surface area contributed by atoms with Crippen molar-refractivity contribution in [1.29, 1.82) is 0 Å². The predicted octanol–water partition coefficient (Wildman–Crippen LogP) is 0.752. The van der Waals surface area contributed by atoms with Gasteiger partial charge in [0.2, 0.25) is 0 Å². The van der Waals surface area contributed by atoms with Crippen molar-refractivity contribution in [1.82, 2.24) is 19.6 Å². The molecule has 9 heteroatoms. The normalized spacial score (nSPS) is 27.5. The van der Waals surface area contributed by atoms with Gasteiger partial charge in [-0.1, -0.05) is 20.8 Å². The molecule has 3 fully saturated rings. The number of carbonyl (C=O) groups is 1. The molecule has 0 spiro atoms. The molecule has 3 rings (SSSR count). The monoisotopic (exact) mass is 418 g/mol. The summed E-state index contributed by atoms with van der Waals surface area (Å²) in [6.07, 6.45) is 1.71. The molecule has 164 valence electrons. The molecule has 3 saturated heterocycles. The van der Waals surface area contributed by atoms with Crippen LogP contribution in [0.15, 0.2) is 0 Å². The summed E-state index contributed by atoms with van der Waals surface area (Å²) in [5, 5.41) is 0. The van der Waals surface area contributed by atoms with Crippen LogP contribution >= 0.6 is 7.60 Å². The highest BCUT2D eigenvalue weighted by Gasteiger charge is 2.25. The summed E-state index contributed by atoms with van der Waals surface area (Å²) < 4.78 is 11.6. The summed E-state index contributed by atoms with van der Waals surface area (Å²) in [5.74, 6) is 0.212. The number of hydrogen-bond donors (Lipinski definition) is 2. The first-order chi connectivity index (χ1) is 13.0. The van der Waals surface area contributed by atoms with E-state index in [1.54, 1.807) is 0 Å². The minimum absolute atomic E-state index is 0.207. The van der Waals surface area contributed by atoms with Crippen LogP contribution in [0, 0.1) is 5.41 Å². The number of fused-ring (bicyclic) bond motifs is 11. The Morgan fingerprint density at radius 3 is 1.71 bits per heavy atom. The van der Waals surface area contributed by atoms with E-state index in [9.17, 15) is 19.1 Å². The van der Waals surface area contributed by atoms with Crippen LogP contribution in [0.25, 0.3) is 0 Å². The second kappa shape index (κ2) is 10.6. The van der Waals surface area contributed by atoms with Crippen LogP contribution < -0.4 is 0 Å². The van der Waals surface area contributed by atoms with Gasteiger partial charge >= 0.3 is 7.60 Å². The zero-order valence-corrected chi connectivity index (χ0v) is 18.7. The van der Waals surface area contributed by atoms with Gasteiger partial charge in [-0.05, 0) is 32.5 Å². The van der Waals surface area contributed by atoms with Gasteiger partial charge in [0.05, 0.1) is 6.54 Å². The predicted molar refractivity (Wildman–Crippen MR) is 112 cm³/mol. The Labute approximate surface area is 170 Å². The number of nitrogens with zero attached hydrogens (tertiary/aromatic N) is 4. The Balaban J connectivity index is 2.04. The van der Waals surface area contributed by atoms with Crippen molar-refractivity contribution in [3.8, 4) is 0 Å². The summed E-state index contributed by atoms with van der Waals surface area (Å²) in [6, 6.07) is 0. The van der Waals surface area contributed by atoms with Crippen LogP contribution in [-0.4, -0.2) is 113 Å². The minimum Gasteiger partial charge on any atom is -0.324 e. The lowest BCUT2D eigenvalue weighted by Gasteiger charge is -2.36. The van der Waals surface area contributed by atoms with Gasteiger partial charge in [-0.25, -0.2) is 0 Å². The van der Waals surface area contributed by atoms with E-state index in [0.717, 1.165) is 58.7 Å². The minimum atomic E-state index is -4.10. The summed E-state index contributed by atoms with van der Waals surface area (Å²) in [7, 11) is -4.10. The molecule has 3 aliphatic rings. The number of hydrogen-bond acceptors (Lipinski definition) is 6. The number of Topliss-reactive ketones (excluding diaryl/α,β-unsaturated/α-hetero) is 1. The molecule has 0 aliphatic carbocycles. The summed E-state index contributed by atoms with van der Waals surface area (Å²) in [6.45, 7) is 15.3. The molecule has 0 aromatic rings. The molecule has 3 heterocycles. The van der Waals surface area contributed by atoms with Crippen LogP contribution in [-0.2, 0) is 9.36 Å². The van der Waals surface area contributed by atoms with E-state index in [4.69, 9.17) is 0 Å². The van der Waals surface area contributed by atoms with E-state index in [-0.39, 0.29) is 17.5 Å². The van der Waals surface area contributed by atoms with Crippen molar-refractivity contribution < 1.29 is 19.1 Å². The van der Waals surface area contributed by atoms with Crippen molar-refractivity contribution in [3.05, 3.63) is 0 Å². The second-order valence-corrected chi connectivity index (χ2v) is 10.9. The average Bonchev–Trinajstić information content (AvgIpc) is 2.58. The molecule has 0 amide bonds. The fraction of sp³-hybridized carbons (Fsp3) is 0.947. The van der Waals surface area contributed by atoms with E-state index < -0.39 is 7.60 Å². The Morgan fingerprint density at radius 2 is 1.25 bits per heavy atom. The Hall–Kier alpha value is -0.340. The van der Waals surface area contributed by atoms with Gasteiger partial charge in [-0.2, -0.15) is 0 Å². The van der Waals surface area contributed by atoms with Crippen molar-refractivity contribution in [3.63, 3.8) is 0 Å². The standard InChI is InChI=1S/C19H39N4O4P/c1-19(2,3)18(24)16-22-8-4-6-20-10-12-21(13-11-20)7-5-9-23(15-14-22)17-28(25,26)27/h4-17H2,1-3H3,(H2,25,26,27). The number of carbonyl (C=O) groups excluding carboxylic acids is 1. The lowest BCUT2D eigenvalue weighted by molar-refractivity contribution is -0.127. The third-order valence-electron chi connectivity index (χ3n) is 5.68. The molecule has 0 aromatic carbocycles. The average molecular weight is 419 g/mol. The lowest BCUT2D eigenvalue weighted by Crippen LogP contribution is -2.48. The maximum absolute atomic E-state index is 12.5. The zero-order valence-electron chi connectivity index (χ0n) is 17.8. The SMILES string of the molecule is CC(C)(C)C(=O)CN1CCCN2CCN(CCCN(CP(=O)(O)O)CC1)CC2. The van der Waals surface area contributed by atoms with Gasteiger partial charge in [0.1, 0.15) is 6.29 Å². The fourth-order valence-electron chi connectivity index (χ4n) is 3.78. The summed E-state index contributed by atoms with van der Waals surface area (Å²) >= 11 is 0. The van der Waals surface area contributed by atoms with Crippen molar-refractivity contribution in [2.24, 2.45) is 5.41 Å². The molecule has 0 radical (unpaired) electrons. The first-order valence-corrected chi connectivity index (χ1v) is 12.3. The molecule has 0 atom stereocenters. The first-order valence-electron chi connectivity index (χ1n) is 10.5. The molecule has 2 bridgehead atoms. The van der Waals surface area contributed by atoms with E-state index in [1.807, 2.05) is 25.7 Å². The van der Waals surface area contributed by atoms with Gasteiger partial charge in [0.25, 0.3) is 0 Å². The molecule has 3 aliphatic heterocycles. The maximum atomic E-state index is 12.5. The van der Waals surface area contributed by atoms with E-state index in [0.29, 0.717) is 26.2 Å². The van der Waals surface area contributed by atoms with Crippen molar-refractivity contribution in [2.75, 3.05) is 78.3 Å². The highest BCUT2D eigenvalue weighted by Crippen LogP contribution is 2.35. The van der Waals surface area contributed by atoms with Crippen LogP contribution in [0.3, 0.4) is 0 Å². The molecule has 28 heavy (non-hydrogen) atoms. The highest BCUT2D eigenvalue weighted by atomic mass is 31.2. The van der Waals surface area contributed by atoms with Gasteiger partial charge in [-0.15, -0.1) is 0 Å². The molecule has 0 unspecified atom stereocenters. The molecule has 8 nitrogen and oxygen atoms in total. The highest BCUT2D eigenvalue weighted by molar-refractivity contribution is 7.51. The Bertz CT molecular complexity index is 541. The van der Waals surface area contributed by atoms with Crippen LogP contribution in [0.2, 0.25) is 0 Å². The zero-order chi connectivity index (χ0) is 20.8. The van der Waals surface area contributed by atoms with Crippen LogP contribution in [0.4, 0.5) is 0 Å². The largest absolute Gasteiger partial charge is 0.339 e. The first kappa shape index (κ1) is 23.9. The Morgan fingerprint density at radius 1 is 0.786 bits per heavy atom. The van der Waals surface area contributed by atoms with E-state index >= 15 is 0 Å². The van der Waals surface area contributed by atoms with Gasteiger partial charge in [-0.3, -0.25) is 19.2 Å². The number of ketones is 1. The smallest absolute Gasteiger partial charge is 0.324 e. The van der Waals surface area contributed by atoms with E-state index in [2.05, 4.69) is 14.7 Å². The number of piperazine rings is 1. The van der Waals surface area contributed by atoms with Gasteiger partial charge in [0, 0.05) is 51.2 Å². The molecular formula is C19H39N4O4P. The topological polar surface area (TPSA) is 87.6 Å². The van der Waals surface area contributed by atoms with Crippen LogP contribution in [0.5, 0.6) is 0 Å². The van der Waals surface area contributed by atoms with Crippen molar-refractivity contribution >= 4 is 13.4 Å². The van der Waals surface area contributed by atoms with Crippen LogP contribution in [0.1, 0.15) is 33.6 Å². The summed E-state index contributed by atoms with van der Waals surface area (Å²) in [5.41, 5.74) is -0.374. The van der Waals surface area contributed by atoms with Gasteiger partial charge in [0.15, 0.2) is 5.78 Å².